The Bertz CT molecular complexity index is 786. The molecule has 0 spiro atoms. The molecular formula is C18H27BrN2O5S. The summed E-state index contributed by atoms with van der Waals surface area (Å²) in [6.07, 6.45) is 0.00403. The number of rotatable bonds is 5. The Balaban J connectivity index is 2.51. The third kappa shape index (κ3) is 4.82. The van der Waals surface area contributed by atoms with Crippen LogP contribution in [0.1, 0.15) is 27.2 Å². The predicted octanol–water partition coefficient (Wildman–Crippen LogP) is 2.09. The van der Waals surface area contributed by atoms with Crippen LogP contribution in [0.4, 0.5) is 0 Å². The summed E-state index contributed by atoms with van der Waals surface area (Å²) in [5, 5.41) is 9.58. The molecule has 9 heteroatoms. The van der Waals surface area contributed by atoms with Crippen molar-refractivity contribution in [3.8, 4) is 5.75 Å². The second kappa shape index (κ2) is 8.89. The Kier molecular flexibility index (Phi) is 7.29. The van der Waals surface area contributed by atoms with Crippen LogP contribution < -0.4 is 4.74 Å². The van der Waals surface area contributed by atoms with Crippen LogP contribution in [-0.2, 0) is 14.8 Å². The molecule has 0 fully saturated rings. The van der Waals surface area contributed by atoms with Gasteiger partial charge in [0.05, 0.1) is 13.2 Å². The van der Waals surface area contributed by atoms with Crippen molar-refractivity contribution in [1.29, 1.82) is 0 Å². The third-order valence-electron chi connectivity index (χ3n) is 4.81. The first kappa shape index (κ1) is 22.1. The molecule has 1 aromatic rings. The van der Waals surface area contributed by atoms with Crippen LogP contribution in [0.5, 0.6) is 5.75 Å². The standard InChI is InChI=1S/C18H27BrN2O5S/c1-5-18(23)20(4)10-16-12(2)9-21(13(3)11-22)27(24,25)17-7-6-14(19)8-15(17)26-16/h6-8,12-13,16,22H,5,9-11H2,1-4H3/t12-,13-,16-/m1/s1. The summed E-state index contributed by atoms with van der Waals surface area (Å²) in [4.78, 5) is 13.7. The van der Waals surface area contributed by atoms with Crippen molar-refractivity contribution in [3.63, 3.8) is 0 Å². The maximum atomic E-state index is 13.2. The lowest BCUT2D eigenvalue weighted by atomic mass is 10.0. The van der Waals surface area contributed by atoms with Crippen LogP contribution >= 0.6 is 15.9 Å². The lowest BCUT2D eigenvalue weighted by Crippen LogP contribution is -2.50. The molecule has 0 aliphatic carbocycles. The molecule has 3 atom stereocenters. The minimum absolute atomic E-state index is 0.00414. The summed E-state index contributed by atoms with van der Waals surface area (Å²) in [6, 6.07) is 4.21. The number of hydrogen-bond acceptors (Lipinski definition) is 5. The number of carbonyl (C=O) groups excluding carboxylic acids is 1. The Hall–Kier alpha value is -1.16. The smallest absolute Gasteiger partial charge is 0.247 e. The number of carbonyl (C=O) groups is 1. The van der Waals surface area contributed by atoms with Gasteiger partial charge < -0.3 is 14.7 Å². The van der Waals surface area contributed by atoms with E-state index in [-0.39, 0.29) is 41.7 Å². The number of halogens is 1. The second-order valence-corrected chi connectivity index (χ2v) is 9.73. The summed E-state index contributed by atoms with van der Waals surface area (Å²) in [5.74, 6) is 0.0527. The number of hydrogen-bond donors (Lipinski definition) is 1. The molecule has 0 unspecified atom stereocenters. The van der Waals surface area contributed by atoms with Gasteiger partial charge in [0, 0.05) is 36.4 Å². The van der Waals surface area contributed by atoms with E-state index in [1.165, 1.54) is 10.4 Å². The number of aliphatic hydroxyl groups excluding tert-OH is 1. The van der Waals surface area contributed by atoms with E-state index in [4.69, 9.17) is 4.74 Å². The van der Waals surface area contributed by atoms with Gasteiger partial charge in [-0.15, -0.1) is 0 Å². The topological polar surface area (TPSA) is 87.2 Å². The van der Waals surface area contributed by atoms with E-state index < -0.39 is 16.1 Å². The third-order valence-corrected chi connectivity index (χ3v) is 7.32. The monoisotopic (exact) mass is 462 g/mol. The van der Waals surface area contributed by atoms with Gasteiger partial charge in [-0.3, -0.25) is 4.79 Å². The van der Waals surface area contributed by atoms with Crippen molar-refractivity contribution in [1.82, 2.24) is 9.21 Å². The molecular weight excluding hydrogens is 436 g/mol. The molecule has 0 aromatic heterocycles. The number of sulfonamides is 1. The molecule has 0 saturated heterocycles. The van der Waals surface area contributed by atoms with Gasteiger partial charge in [0.1, 0.15) is 16.7 Å². The summed E-state index contributed by atoms with van der Waals surface area (Å²) in [6.45, 7) is 5.62. The molecule has 1 N–H and O–H groups in total. The van der Waals surface area contributed by atoms with Crippen molar-refractivity contribution < 1.29 is 23.1 Å². The minimum atomic E-state index is -3.83. The Morgan fingerprint density at radius 1 is 1.48 bits per heavy atom. The molecule has 1 aliphatic heterocycles. The zero-order chi connectivity index (χ0) is 20.4. The number of fused-ring (bicyclic) bond motifs is 1. The van der Waals surface area contributed by atoms with Crippen LogP contribution in [0.3, 0.4) is 0 Å². The highest BCUT2D eigenvalue weighted by molar-refractivity contribution is 9.10. The van der Waals surface area contributed by atoms with Crippen LogP contribution in [0.15, 0.2) is 27.6 Å². The first-order valence-electron chi connectivity index (χ1n) is 8.94. The summed E-state index contributed by atoms with van der Waals surface area (Å²) in [5.41, 5.74) is 0. The molecule has 1 aliphatic rings. The van der Waals surface area contributed by atoms with Crippen LogP contribution in [-0.4, -0.2) is 67.5 Å². The zero-order valence-corrected chi connectivity index (χ0v) is 18.5. The number of benzene rings is 1. The van der Waals surface area contributed by atoms with E-state index in [1.54, 1.807) is 37.9 Å². The number of nitrogens with zero attached hydrogens (tertiary/aromatic N) is 2. The van der Waals surface area contributed by atoms with Crippen LogP contribution in [0, 0.1) is 5.92 Å². The summed E-state index contributed by atoms with van der Waals surface area (Å²) < 4.78 is 34.5. The molecule has 7 nitrogen and oxygen atoms in total. The molecule has 0 bridgehead atoms. The maximum absolute atomic E-state index is 13.2. The van der Waals surface area contributed by atoms with E-state index in [9.17, 15) is 18.3 Å². The summed E-state index contributed by atoms with van der Waals surface area (Å²) >= 11 is 3.36. The maximum Gasteiger partial charge on any atom is 0.247 e. The van der Waals surface area contributed by atoms with Gasteiger partial charge >= 0.3 is 0 Å². The minimum Gasteiger partial charge on any atom is -0.487 e. The van der Waals surface area contributed by atoms with E-state index in [0.717, 1.165) is 0 Å². The van der Waals surface area contributed by atoms with E-state index >= 15 is 0 Å². The number of ether oxygens (including phenoxy) is 1. The van der Waals surface area contributed by atoms with Gasteiger partial charge in [-0.05, 0) is 25.1 Å². The highest BCUT2D eigenvalue weighted by Gasteiger charge is 2.38. The SMILES string of the molecule is CCC(=O)N(C)C[C@H]1Oc2cc(Br)ccc2S(=O)(=O)N([C@H](C)CO)C[C@H]1C. The normalized spacial score (nSPS) is 23.5. The fourth-order valence-corrected chi connectivity index (χ4v) is 5.22. The van der Waals surface area contributed by atoms with Crippen LogP contribution in [0.2, 0.25) is 0 Å². The Morgan fingerprint density at radius 3 is 2.74 bits per heavy atom. The predicted molar refractivity (Wildman–Crippen MR) is 106 cm³/mol. The summed E-state index contributed by atoms with van der Waals surface area (Å²) in [7, 11) is -2.11. The van der Waals surface area contributed by atoms with Crippen molar-refractivity contribution in [3.05, 3.63) is 22.7 Å². The molecule has 1 amide bonds. The quantitative estimate of drug-likeness (QED) is 0.723. The van der Waals surface area contributed by atoms with Gasteiger partial charge in [-0.2, -0.15) is 4.31 Å². The van der Waals surface area contributed by atoms with E-state index in [1.807, 2.05) is 6.92 Å². The average molecular weight is 463 g/mol. The van der Waals surface area contributed by atoms with Gasteiger partial charge in [-0.1, -0.05) is 29.8 Å². The highest BCUT2D eigenvalue weighted by atomic mass is 79.9. The Labute approximate surface area is 169 Å². The zero-order valence-electron chi connectivity index (χ0n) is 16.1. The van der Waals surface area contributed by atoms with Gasteiger partial charge in [0.15, 0.2) is 0 Å². The molecule has 152 valence electrons. The molecule has 27 heavy (non-hydrogen) atoms. The van der Waals surface area contributed by atoms with Crippen molar-refractivity contribution >= 4 is 31.9 Å². The fourth-order valence-electron chi connectivity index (χ4n) is 3.06. The van der Waals surface area contributed by atoms with Crippen molar-refractivity contribution in [2.45, 2.75) is 44.2 Å². The largest absolute Gasteiger partial charge is 0.487 e. The number of aliphatic hydroxyl groups is 1. The molecule has 2 rings (SSSR count). The lowest BCUT2D eigenvalue weighted by molar-refractivity contribution is -0.131. The molecule has 1 aromatic carbocycles. The first-order chi connectivity index (χ1) is 12.6. The Morgan fingerprint density at radius 2 is 2.15 bits per heavy atom. The highest BCUT2D eigenvalue weighted by Crippen LogP contribution is 2.35. The molecule has 0 saturated carbocycles. The van der Waals surface area contributed by atoms with Gasteiger partial charge in [0.25, 0.3) is 0 Å². The lowest BCUT2D eigenvalue weighted by Gasteiger charge is -2.37. The molecule has 1 heterocycles. The number of likely N-dealkylation sites (N-methyl/N-ethyl adjacent to an activating group) is 1. The van der Waals surface area contributed by atoms with Crippen molar-refractivity contribution in [2.75, 3.05) is 26.7 Å². The van der Waals surface area contributed by atoms with E-state index in [0.29, 0.717) is 17.4 Å². The van der Waals surface area contributed by atoms with Gasteiger partial charge in [-0.25, -0.2) is 8.42 Å². The van der Waals surface area contributed by atoms with Crippen LogP contribution in [0.25, 0.3) is 0 Å². The number of amides is 1. The first-order valence-corrected chi connectivity index (χ1v) is 11.2. The van der Waals surface area contributed by atoms with E-state index in [2.05, 4.69) is 15.9 Å². The van der Waals surface area contributed by atoms with Crippen molar-refractivity contribution in [2.24, 2.45) is 5.92 Å². The molecule has 0 radical (unpaired) electrons. The second-order valence-electron chi connectivity index (χ2n) is 6.96. The fraction of sp³-hybridized carbons (Fsp3) is 0.611. The van der Waals surface area contributed by atoms with Gasteiger partial charge in [0.2, 0.25) is 15.9 Å². The average Bonchev–Trinajstić information content (AvgIpc) is 2.62.